The average molecular weight is 360 g/mol. The SMILES string of the molecule is CCOP(=S)(OCC)OCc1cc2cccc(C)c2nc1Cl. The molecule has 22 heavy (non-hydrogen) atoms. The van der Waals surface area contributed by atoms with E-state index in [1.165, 1.54) is 0 Å². The molecule has 0 N–H and O–H groups in total. The van der Waals surface area contributed by atoms with Gasteiger partial charge in [0.2, 0.25) is 0 Å². The molecule has 0 bridgehead atoms. The summed E-state index contributed by atoms with van der Waals surface area (Å²) in [4.78, 5) is 4.45. The third-order valence-electron chi connectivity index (χ3n) is 3.03. The molecule has 2 aromatic rings. The summed E-state index contributed by atoms with van der Waals surface area (Å²) >= 11 is 11.6. The zero-order chi connectivity index (χ0) is 16.2. The zero-order valence-electron chi connectivity index (χ0n) is 12.8. The van der Waals surface area contributed by atoms with Gasteiger partial charge in [0, 0.05) is 10.9 Å². The number of halogens is 1. The molecule has 120 valence electrons. The molecule has 7 heteroatoms. The van der Waals surface area contributed by atoms with Crippen LogP contribution >= 0.6 is 18.3 Å². The number of rotatable bonds is 7. The summed E-state index contributed by atoms with van der Waals surface area (Å²) in [7, 11) is 0. The number of fused-ring (bicyclic) bond motifs is 1. The van der Waals surface area contributed by atoms with Crippen LogP contribution in [0.1, 0.15) is 25.0 Å². The first kappa shape index (κ1) is 17.8. The van der Waals surface area contributed by atoms with Crippen molar-refractivity contribution in [2.75, 3.05) is 13.2 Å². The van der Waals surface area contributed by atoms with Crippen molar-refractivity contribution in [3.63, 3.8) is 0 Å². The maximum absolute atomic E-state index is 6.26. The van der Waals surface area contributed by atoms with E-state index in [-0.39, 0.29) is 6.61 Å². The molecule has 2 rings (SSSR count). The van der Waals surface area contributed by atoms with Crippen LogP contribution in [0.4, 0.5) is 0 Å². The molecule has 0 saturated carbocycles. The number of pyridine rings is 1. The summed E-state index contributed by atoms with van der Waals surface area (Å²) in [5.74, 6) is 0. The molecule has 1 aromatic heterocycles. The maximum Gasteiger partial charge on any atom is 0.327 e. The minimum Gasteiger partial charge on any atom is -0.309 e. The standard InChI is InChI=1S/C15H19ClNO3PS/c1-4-18-21(22,19-5-2)20-10-13-9-12-8-6-7-11(3)14(12)17-15(13)16/h6-9H,4-5,10H2,1-3H3. The fourth-order valence-electron chi connectivity index (χ4n) is 2.05. The normalized spacial score (nSPS) is 12.0. The van der Waals surface area contributed by atoms with Crippen LogP contribution in [0.3, 0.4) is 0 Å². The molecule has 4 nitrogen and oxygen atoms in total. The van der Waals surface area contributed by atoms with E-state index in [9.17, 15) is 0 Å². The summed E-state index contributed by atoms with van der Waals surface area (Å²) < 4.78 is 16.6. The molecule has 0 unspecified atom stereocenters. The number of aromatic nitrogens is 1. The number of para-hydroxylation sites is 1. The second-order valence-electron chi connectivity index (χ2n) is 4.64. The van der Waals surface area contributed by atoms with Crippen molar-refractivity contribution in [2.45, 2.75) is 27.4 Å². The highest BCUT2D eigenvalue weighted by Crippen LogP contribution is 2.50. The van der Waals surface area contributed by atoms with Gasteiger partial charge in [-0.05, 0) is 44.2 Å². The number of hydrogen-bond acceptors (Lipinski definition) is 5. The van der Waals surface area contributed by atoms with Crippen molar-refractivity contribution in [3.8, 4) is 0 Å². The first-order valence-electron chi connectivity index (χ1n) is 7.07. The summed E-state index contributed by atoms with van der Waals surface area (Å²) in [5.41, 5.74) is 2.75. The predicted octanol–water partition coefficient (Wildman–Crippen LogP) is 5.01. The van der Waals surface area contributed by atoms with E-state index in [2.05, 4.69) is 4.98 Å². The van der Waals surface area contributed by atoms with Gasteiger partial charge in [-0.3, -0.25) is 0 Å². The largest absolute Gasteiger partial charge is 0.327 e. The Kier molecular flexibility index (Phi) is 6.33. The molecule has 0 fully saturated rings. The lowest BCUT2D eigenvalue weighted by Crippen LogP contribution is -2.01. The van der Waals surface area contributed by atoms with E-state index in [0.717, 1.165) is 22.0 Å². The highest BCUT2D eigenvalue weighted by molar-refractivity contribution is 8.07. The van der Waals surface area contributed by atoms with Crippen LogP contribution in [-0.4, -0.2) is 18.2 Å². The topological polar surface area (TPSA) is 40.6 Å². The van der Waals surface area contributed by atoms with Gasteiger partial charge in [0.05, 0.1) is 25.3 Å². The molecule has 0 spiro atoms. The number of aryl methyl sites for hydroxylation is 1. The Morgan fingerprint density at radius 2 is 1.86 bits per heavy atom. The fourth-order valence-corrected chi connectivity index (χ4v) is 4.18. The van der Waals surface area contributed by atoms with Crippen molar-refractivity contribution in [2.24, 2.45) is 0 Å². The molecule has 0 atom stereocenters. The molecular formula is C15H19ClNO3PS. The molecule has 0 saturated heterocycles. The first-order valence-corrected chi connectivity index (χ1v) is 10.0. The van der Waals surface area contributed by atoms with Gasteiger partial charge in [0.1, 0.15) is 5.15 Å². The zero-order valence-corrected chi connectivity index (χ0v) is 15.3. The Morgan fingerprint density at radius 1 is 1.18 bits per heavy atom. The van der Waals surface area contributed by atoms with Crippen molar-refractivity contribution in [1.82, 2.24) is 4.98 Å². The van der Waals surface area contributed by atoms with Gasteiger partial charge in [-0.25, -0.2) is 4.98 Å². The van der Waals surface area contributed by atoms with Crippen molar-refractivity contribution in [3.05, 3.63) is 40.5 Å². The lowest BCUT2D eigenvalue weighted by molar-refractivity contribution is 0.161. The van der Waals surface area contributed by atoms with Gasteiger partial charge in [-0.2, -0.15) is 0 Å². The van der Waals surface area contributed by atoms with E-state index in [1.54, 1.807) is 0 Å². The minimum atomic E-state index is -2.73. The quantitative estimate of drug-likeness (QED) is 0.513. The van der Waals surface area contributed by atoms with Crippen LogP contribution in [0.5, 0.6) is 0 Å². The molecule has 0 radical (unpaired) electrons. The Hall–Kier alpha value is -0.550. The maximum atomic E-state index is 6.26. The van der Waals surface area contributed by atoms with Crippen LogP contribution in [0.25, 0.3) is 10.9 Å². The van der Waals surface area contributed by atoms with E-state index < -0.39 is 6.72 Å². The van der Waals surface area contributed by atoms with Crippen LogP contribution in [0.15, 0.2) is 24.3 Å². The van der Waals surface area contributed by atoms with Crippen LogP contribution < -0.4 is 0 Å². The van der Waals surface area contributed by atoms with E-state index >= 15 is 0 Å². The average Bonchev–Trinajstić information content (AvgIpc) is 2.47. The molecule has 1 aromatic carbocycles. The Labute approximate surface area is 141 Å². The number of nitrogens with zero attached hydrogens (tertiary/aromatic N) is 1. The van der Waals surface area contributed by atoms with Crippen molar-refractivity contribution in [1.29, 1.82) is 0 Å². The molecule has 0 aliphatic carbocycles. The molecular weight excluding hydrogens is 341 g/mol. The van der Waals surface area contributed by atoms with Gasteiger partial charge in [-0.1, -0.05) is 29.8 Å². The second-order valence-corrected chi connectivity index (χ2v) is 8.01. The van der Waals surface area contributed by atoms with E-state index in [0.29, 0.717) is 18.4 Å². The number of benzene rings is 1. The number of hydrogen-bond donors (Lipinski definition) is 0. The highest BCUT2D eigenvalue weighted by atomic mass is 35.5. The van der Waals surface area contributed by atoms with E-state index in [4.69, 9.17) is 37.0 Å². The first-order chi connectivity index (χ1) is 10.5. The van der Waals surface area contributed by atoms with E-state index in [1.807, 2.05) is 45.0 Å². The lowest BCUT2D eigenvalue weighted by atomic mass is 10.1. The summed E-state index contributed by atoms with van der Waals surface area (Å²) in [6.07, 6.45) is 0. The monoisotopic (exact) mass is 359 g/mol. The Balaban J connectivity index is 2.24. The molecule has 0 amide bonds. The Bertz CT molecular complexity index is 700. The summed E-state index contributed by atoms with van der Waals surface area (Å²) in [6.45, 7) is 4.10. The van der Waals surface area contributed by atoms with Crippen LogP contribution in [-0.2, 0) is 32.0 Å². The highest BCUT2D eigenvalue weighted by Gasteiger charge is 2.20. The third-order valence-corrected chi connectivity index (χ3v) is 5.90. The van der Waals surface area contributed by atoms with Crippen LogP contribution in [0.2, 0.25) is 5.15 Å². The predicted molar refractivity (Wildman–Crippen MR) is 93.8 cm³/mol. The Morgan fingerprint density at radius 3 is 2.50 bits per heavy atom. The molecule has 1 heterocycles. The third kappa shape index (κ3) is 4.25. The summed E-state index contributed by atoms with van der Waals surface area (Å²) in [5, 5.41) is 1.43. The van der Waals surface area contributed by atoms with Crippen LogP contribution in [0, 0.1) is 6.92 Å². The van der Waals surface area contributed by atoms with Crippen molar-refractivity contribution < 1.29 is 13.6 Å². The van der Waals surface area contributed by atoms with Gasteiger partial charge >= 0.3 is 6.72 Å². The second kappa shape index (κ2) is 7.82. The molecule has 0 aliphatic rings. The molecule has 0 aliphatic heterocycles. The minimum absolute atomic E-state index is 0.215. The van der Waals surface area contributed by atoms with Crippen molar-refractivity contribution >= 4 is 41.0 Å². The fraction of sp³-hybridized carbons (Fsp3) is 0.400. The lowest BCUT2D eigenvalue weighted by Gasteiger charge is -2.20. The van der Waals surface area contributed by atoms with Gasteiger partial charge in [0.15, 0.2) is 0 Å². The van der Waals surface area contributed by atoms with Gasteiger partial charge in [0.25, 0.3) is 0 Å². The smallest absolute Gasteiger partial charge is 0.309 e. The van der Waals surface area contributed by atoms with Gasteiger partial charge < -0.3 is 13.6 Å². The van der Waals surface area contributed by atoms with Gasteiger partial charge in [-0.15, -0.1) is 0 Å². The summed E-state index contributed by atoms with van der Waals surface area (Å²) in [6, 6.07) is 7.96.